The second-order valence-electron chi connectivity index (χ2n) is 4.66. The molecule has 118 valence electrons. The molecule has 1 fully saturated rings. The highest BCUT2D eigenvalue weighted by Gasteiger charge is 2.25. The fraction of sp³-hybridized carbons (Fsp3) is 0.500. The molecule has 1 unspecified atom stereocenters. The van der Waals surface area contributed by atoms with Gasteiger partial charge in [0, 0.05) is 30.1 Å². The normalized spacial score (nSPS) is 17.2. The van der Waals surface area contributed by atoms with E-state index in [1.807, 2.05) is 25.4 Å². The smallest absolute Gasteiger partial charge is 0.240 e. The first-order valence-corrected chi connectivity index (χ1v) is 8.80. The summed E-state index contributed by atoms with van der Waals surface area (Å²) >= 11 is 3.42. The van der Waals surface area contributed by atoms with Crippen molar-refractivity contribution in [3.05, 3.63) is 23.8 Å². The molecule has 0 aromatic heterocycles. The summed E-state index contributed by atoms with van der Waals surface area (Å²) in [4.78, 5) is 15.1. The molecule has 0 radical (unpaired) electrons. The van der Waals surface area contributed by atoms with Gasteiger partial charge in [-0.15, -0.1) is 35.9 Å². The van der Waals surface area contributed by atoms with Crippen LogP contribution in [0.2, 0.25) is 0 Å². The lowest BCUT2D eigenvalue weighted by atomic mass is 10.2. The molecular weight excluding hydrogens is 328 g/mol. The van der Waals surface area contributed by atoms with Crippen LogP contribution in [-0.4, -0.2) is 48.9 Å². The van der Waals surface area contributed by atoms with E-state index in [1.165, 1.54) is 0 Å². The molecule has 0 spiro atoms. The first kappa shape index (κ1) is 18.5. The lowest BCUT2D eigenvalue weighted by molar-refractivity contribution is -0.131. The lowest BCUT2D eigenvalue weighted by Gasteiger charge is -2.21. The van der Waals surface area contributed by atoms with Gasteiger partial charge in [-0.3, -0.25) is 10.1 Å². The number of benzene rings is 1. The van der Waals surface area contributed by atoms with Crippen molar-refractivity contribution in [3.63, 3.8) is 0 Å². The van der Waals surface area contributed by atoms with E-state index in [9.17, 15) is 4.79 Å². The average molecular weight is 349 g/mol. The predicted molar refractivity (Wildman–Crippen MR) is 92.7 cm³/mol. The number of carbonyl (C=O) groups excluding carboxylic acids is 1. The van der Waals surface area contributed by atoms with Crippen LogP contribution in [0, 0.1) is 0 Å². The van der Waals surface area contributed by atoms with Crippen LogP contribution >= 0.6 is 35.9 Å². The van der Waals surface area contributed by atoms with E-state index < -0.39 is 0 Å². The van der Waals surface area contributed by atoms with Crippen molar-refractivity contribution in [2.75, 3.05) is 32.0 Å². The van der Waals surface area contributed by atoms with Gasteiger partial charge in [0.25, 0.3) is 0 Å². The lowest BCUT2D eigenvalue weighted by Crippen LogP contribution is -2.42. The minimum atomic E-state index is -0.0441. The number of amides is 1. The van der Waals surface area contributed by atoms with Crippen LogP contribution in [0.5, 0.6) is 5.75 Å². The minimum Gasteiger partial charge on any atom is -0.496 e. The zero-order chi connectivity index (χ0) is 14.5. The Kier molecular flexibility index (Phi) is 7.73. The van der Waals surface area contributed by atoms with Crippen molar-refractivity contribution in [1.29, 1.82) is 0 Å². The Morgan fingerprint density at radius 3 is 2.90 bits per heavy atom. The molecular formula is C14H21ClN2O2S2. The van der Waals surface area contributed by atoms with Crippen LogP contribution in [0.1, 0.15) is 5.56 Å². The van der Waals surface area contributed by atoms with Gasteiger partial charge in [0.1, 0.15) is 5.75 Å². The zero-order valence-corrected chi connectivity index (χ0v) is 14.9. The standard InChI is InChI=1S/C14H20N2O2S2.ClH/c1-16(14(17)11-8-20-9-15-11)7-10-4-5-13(19-3)12(6-10)18-2;/h4-6,11,15H,7-9H2,1-3H3;1H. The third-order valence-corrected chi connectivity index (χ3v) is 4.98. The van der Waals surface area contributed by atoms with E-state index in [1.54, 1.807) is 35.5 Å². The molecule has 1 amide bonds. The first-order valence-electron chi connectivity index (χ1n) is 6.42. The van der Waals surface area contributed by atoms with E-state index in [4.69, 9.17) is 4.74 Å². The molecule has 0 aliphatic carbocycles. The molecule has 2 rings (SSSR count). The van der Waals surface area contributed by atoms with Crippen LogP contribution in [0.3, 0.4) is 0 Å². The minimum absolute atomic E-state index is 0. The molecule has 0 bridgehead atoms. The Hall–Kier alpha value is -0.560. The second-order valence-corrected chi connectivity index (χ2v) is 6.53. The number of hydrogen-bond acceptors (Lipinski definition) is 5. The van der Waals surface area contributed by atoms with E-state index in [2.05, 4.69) is 11.4 Å². The fourth-order valence-electron chi connectivity index (χ4n) is 2.15. The quantitative estimate of drug-likeness (QED) is 0.828. The Balaban J connectivity index is 0.00000220. The molecule has 21 heavy (non-hydrogen) atoms. The van der Waals surface area contributed by atoms with Crippen molar-refractivity contribution in [3.8, 4) is 5.75 Å². The van der Waals surface area contributed by atoms with Crippen LogP contribution in [0.25, 0.3) is 0 Å². The summed E-state index contributed by atoms with van der Waals surface area (Å²) in [6, 6.07) is 6.06. The number of thioether (sulfide) groups is 2. The molecule has 1 heterocycles. The maximum atomic E-state index is 12.2. The summed E-state index contributed by atoms with van der Waals surface area (Å²) in [5, 5.41) is 3.21. The van der Waals surface area contributed by atoms with Gasteiger partial charge in [0.15, 0.2) is 0 Å². The van der Waals surface area contributed by atoms with Gasteiger partial charge in [0.2, 0.25) is 5.91 Å². The van der Waals surface area contributed by atoms with E-state index in [0.717, 1.165) is 27.8 Å². The Bertz CT molecular complexity index is 482. The molecule has 1 aliphatic heterocycles. The van der Waals surface area contributed by atoms with Crippen molar-refractivity contribution in [1.82, 2.24) is 10.2 Å². The third kappa shape index (κ3) is 4.71. The van der Waals surface area contributed by atoms with Crippen molar-refractivity contribution >= 4 is 41.8 Å². The maximum Gasteiger partial charge on any atom is 0.240 e. The second kappa shape index (κ2) is 8.78. The van der Waals surface area contributed by atoms with Crippen LogP contribution < -0.4 is 10.1 Å². The van der Waals surface area contributed by atoms with Gasteiger partial charge in [-0.2, -0.15) is 0 Å². The third-order valence-electron chi connectivity index (χ3n) is 3.26. The summed E-state index contributed by atoms with van der Waals surface area (Å²) in [6.45, 7) is 0.604. The molecule has 1 aliphatic rings. The van der Waals surface area contributed by atoms with Gasteiger partial charge < -0.3 is 9.64 Å². The van der Waals surface area contributed by atoms with Crippen molar-refractivity contribution < 1.29 is 9.53 Å². The molecule has 7 heteroatoms. The van der Waals surface area contributed by atoms with Crippen LogP contribution in [0.15, 0.2) is 23.1 Å². The number of rotatable bonds is 5. The number of hydrogen-bond donors (Lipinski definition) is 1. The molecule has 0 saturated carbocycles. The molecule has 1 saturated heterocycles. The van der Waals surface area contributed by atoms with Gasteiger partial charge in [-0.05, 0) is 24.0 Å². The van der Waals surface area contributed by atoms with Crippen molar-refractivity contribution in [2.24, 2.45) is 0 Å². The molecule has 1 aromatic rings. The van der Waals surface area contributed by atoms with E-state index in [-0.39, 0.29) is 24.4 Å². The topological polar surface area (TPSA) is 41.6 Å². The summed E-state index contributed by atoms with van der Waals surface area (Å²) in [7, 11) is 3.52. The van der Waals surface area contributed by atoms with Gasteiger partial charge in [-0.1, -0.05) is 6.07 Å². The first-order chi connectivity index (χ1) is 9.65. The summed E-state index contributed by atoms with van der Waals surface area (Å²) in [6.07, 6.45) is 2.02. The predicted octanol–water partition coefficient (Wildman–Crippen LogP) is 2.46. The molecule has 4 nitrogen and oxygen atoms in total. The van der Waals surface area contributed by atoms with Gasteiger partial charge >= 0.3 is 0 Å². The highest BCUT2D eigenvalue weighted by Crippen LogP contribution is 2.28. The number of carbonyl (C=O) groups is 1. The number of methoxy groups -OCH3 is 1. The van der Waals surface area contributed by atoms with Crippen LogP contribution in [-0.2, 0) is 11.3 Å². The van der Waals surface area contributed by atoms with E-state index >= 15 is 0 Å². The molecule has 1 atom stereocenters. The summed E-state index contributed by atoms with van der Waals surface area (Å²) in [5.74, 6) is 2.74. The highest BCUT2D eigenvalue weighted by atomic mass is 35.5. The van der Waals surface area contributed by atoms with E-state index in [0.29, 0.717) is 6.54 Å². The Labute approximate surface area is 140 Å². The monoisotopic (exact) mass is 348 g/mol. The summed E-state index contributed by atoms with van der Waals surface area (Å²) < 4.78 is 5.38. The van der Waals surface area contributed by atoms with Crippen LogP contribution in [0.4, 0.5) is 0 Å². The zero-order valence-electron chi connectivity index (χ0n) is 12.4. The summed E-state index contributed by atoms with van der Waals surface area (Å²) in [5.41, 5.74) is 1.08. The average Bonchev–Trinajstić information content (AvgIpc) is 3.00. The maximum absolute atomic E-state index is 12.2. The van der Waals surface area contributed by atoms with Crippen molar-refractivity contribution in [2.45, 2.75) is 17.5 Å². The number of ether oxygens (including phenoxy) is 1. The Morgan fingerprint density at radius 2 is 2.33 bits per heavy atom. The number of nitrogens with one attached hydrogen (secondary N) is 1. The highest BCUT2D eigenvalue weighted by molar-refractivity contribution is 7.99. The molecule has 1 N–H and O–H groups in total. The Morgan fingerprint density at radius 1 is 1.57 bits per heavy atom. The SMILES string of the molecule is COc1cc(CN(C)C(=O)C2CSCN2)ccc1SC.Cl. The largest absolute Gasteiger partial charge is 0.496 e. The fourth-order valence-corrected chi connectivity index (χ4v) is 3.63. The number of likely N-dealkylation sites (N-methyl/N-ethyl adjacent to an activating group) is 1. The van der Waals surface area contributed by atoms with Gasteiger partial charge in [-0.25, -0.2) is 0 Å². The number of halogens is 1. The van der Waals surface area contributed by atoms with Gasteiger partial charge in [0.05, 0.1) is 13.2 Å². The molecule has 1 aromatic carbocycles. The number of nitrogens with zero attached hydrogens (tertiary/aromatic N) is 1.